The number of nitrogens with one attached hydrogen (secondary N) is 5. The van der Waals surface area contributed by atoms with Crippen LogP contribution in [0.1, 0.15) is 62.6 Å². The lowest BCUT2D eigenvalue weighted by molar-refractivity contribution is -0.139. The summed E-state index contributed by atoms with van der Waals surface area (Å²) in [7, 11) is 0. The van der Waals surface area contributed by atoms with Gasteiger partial charge in [-0.3, -0.25) is 19.2 Å². The first-order valence-corrected chi connectivity index (χ1v) is 17.3. The number of hydroxylamine groups is 1. The average molecular weight is 684 g/mol. The fourth-order valence-corrected chi connectivity index (χ4v) is 5.64. The van der Waals surface area contributed by atoms with Crippen LogP contribution in [0.3, 0.4) is 0 Å². The summed E-state index contributed by atoms with van der Waals surface area (Å²) >= 11 is 0. The molecule has 3 aromatic carbocycles. The normalized spacial score (nSPS) is 12.2. The third-order valence-corrected chi connectivity index (χ3v) is 8.19. The molecule has 266 valence electrons. The molecule has 0 bridgehead atoms. The van der Waals surface area contributed by atoms with E-state index in [0.717, 1.165) is 40.4 Å². The second kappa shape index (κ2) is 20.4. The summed E-state index contributed by atoms with van der Waals surface area (Å²) in [5.41, 5.74) is 6.13. The van der Waals surface area contributed by atoms with Crippen LogP contribution < -0.4 is 21.4 Å². The van der Waals surface area contributed by atoms with Crippen molar-refractivity contribution in [2.24, 2.45) is 11.8 Å². The summed E-state index contributed by atoms with van der Waals surface area (Å²) in [6.45, 7) is 5.27. The number of H-pyrrole nitrogens is 1. The Morgan fingerprint density at radius 2 is 1.38 bits per heavy atom. The van der Waals surface area contributed by atoms with Gasteiger partial charge in [0.1, 0.15) is 12.6 Å². The second-order valence-corrected chi connectivity index (χ2v) is 12.8. The van der Waals surface area contributed by atoms with Crippen molar-refractivity contribution in [1.29, 1.82) is 0 Å². The first-order valence-electron chi connectivity index (χ1n) is 17.3. The van der Waals surface area contributed by atoms with Crippen LogP contribution in [0.15, 0.2) is 91.1 Å². The molecule has 50 heavy (non-hydrogen) atoms. The lowest BCUT2D eigenvalue weighted by atomic mass is 9.92. The molecule has 0 unspecified atom stereocenters. The van der Waals surface area contributed by atoms with Crippen molar-refractivity contribution in [2.45, 2.75) is 71.6 Å². The molecule has 1 heterocycles. The highest BCUT2D eigenvalue weighted by molar-refractivity contribution is 5.91. The molecule has 0 fully saturated rings. The number of hydrogen-bond acceptors (Lipinski definition) is 6. The highest BCUT2D eigenvalue weighted by atomic mass is 16.6. The minimum Gasteiger partial charge on any atom is -0.445 e. The lowest BCUT2D eigenvalue weighted by Crippen LogP contribution is -2.50. The quantitative estimate of drug-likeness (QED) is 0.0595. The zero-order valence-electron chi connectivity index (χ0n) is 28.9. The van der Waals surface area contributed by atoms with Crippen LogP contribution in [0.4, 0.5) is 4.79 Å². The predicted octanol–water partition coefficient (Wildman–Crippen LogP) is 5.71. The lowest BCUT2D eigenvalue weighted by Gasteiger charge is -2.23. The van der Waals surface area contributed by atoms with Gasteiger partial charge >= 0.3 is 6.09 Å². The Labute approximate surface area is 293 Å². The monoisotopic (exact) mass is 683 g/mol. The van der Waals surface area contributed by atoms with Gasteiger partial charge in [0.25, 0.3) is 0 Å². The Morgan fingerprint density at radius 3 is 2.08 bits per heavy atom. The van der Waals surface area contributed by atoms with Gasteiger partial charge in [-0.15, -0.1) is 0 Å². The zero-order chi connectivity index (χ0) is 35.6. The molecule has 2 atom stereocenters. The summed E-state index contributed by atoms with van der Waals surface area (Å²) in [5.74, 6) is -1.57. The van der Waals surface area contributed by atoms with Crippen molar-refractivity contribution in [2.75, 3.05) is 13.1 Å². The fourth-order valence-electron chi connectivity index (χ4n) is 5.64. The highest BCUT2D eigenvalue weighted by Crippen LogP contribution is 2.21. The van der Waals surface area contributed by atoms with Crippen LogP contribution in [0.5, 0.6) is 0 Å². The number of hydrogen-bond donors (Lipinski definition) is 5. The van der Waals surface area contributed by atoms with Crippen molar-refractivity contribution >= 4 is 34.7 Å². The van der Waals surface area contributed by atoms with E-state index >= 15 is 0 Å². The average Bonchev–Trinajstić information content (AvgIpc) is 3.53. The molecule has 0 aliphatic heterocycles. The van der Waals surface area contributed by atoms with E-state index in [0.29, 0.717) is 25.9 Å². The third-order valence-electron chi connectivity index (χ3n) is 8.19. The smallest absolute Gasteiger partial charge is 0.407 e. The van der Waals surface area contributed by atoms with E-state index in [1.54, 1.807) is 0 Å². The minimum atomic E-state index is -0.852. The fraction of sp³-hybridized carbons (Fsp3) is 0.385. The van der Waals surface area contributed by atoms with Crippen LogP contribution in [-0.4, -0.2) is 47.9 Å². The third kappa shape index (κ3) is 13.0. The van der Waals surface area contributed by atoms with Gasteiger partial charge in [-0.2, -0.15) is 0 Å². The Kier molecular flexibility index (Phi) is 15.3. The maximum atomic E-state index is 13.7. The summed E-state index contributed by atoms with van der Waals surface area (Å²) in [5, 5.41) is 9.67. The molecule has 4 aromatic rings. The van der Waals surface area contributed by atoms with Gasteiger partial charge in [0, 0.05) is 48.9 Å². The van der Waals surface area contributed by atoms with Crippen LogP contribution in [0, 0.1) is 11.8 Å². The van der Waals surface area contributed by atoms with Gasteiger partial charge in [-0.05, 0) is 54.4 Å². The summed E-state index contributed by atoms with van der Waals surface area (Å²) in [4.78, 5) is 60.6. The maximum absolute atomic E-state index is 13.7. The number of benzene rings is 3. The molecular weight excluding hydrogens is 634 g/mol. The molecule has 0 aliphatic rings. The van der Waals surface area contributed by atoms with E-state index in [-0.39, 0.29) is 43.8 Å². The van der Waals surface area contributed by atoms with Crippen LogP contribution >= 0.6 is 0 Å². The number of fused-ring (bicyclic) bond motifs is 1. The Morgan fingerprint density at radius 1 is 0.740 bits per heavy atom. The van der Waals surface area contributed by atoms with Crippen molar-refractivity contribution in [1.82, 2.24) is 26.4 Å². The summed E-state index contributed by atoms with van der Waals surface area (Å²) in [6.07, 6.45) is 4.25. The Hall–Kier alpha value is -5.16. The van der Waals surface area contributed by atoms with Gasteiger partial charge in [0.05, 0.1) is 6.61 Å². The number of amides is 4. The van der Waals surface area contributed by atoms with Gasteiger partial charge in [-0.25, -0.2) is 10.3 Å². The highest BCUT2D eigenvalue weighted by Gasteiger charge is 2.28. The first-order chi connectivity index (χ1) is 24.3. The summed E-state index contributed by atoms with van der Waals surface area (Å²) in [6, 6.07) is 25.9. The number of aromatic nitrogens is 1. The second-order valence-electron chi connectivity index (χ2n) is 12.8. The molecule has 4 rings (SSSR count). The number of aromatic amines is 1. The number of rotatable bonds is 20. The number of ether oxygens (including phenoxy) is 1. The minimum absolute atomic E-state index is 0.0753. The molecule has 5 N–H and O–H groups in total. The predicted molar refractivity (Wildman–Crippen MR) is 192 cm³/mol. The topological polar surface area (TPSA) is 151 Å². The molecule has 0 radical (unpaired) electrons. The molecule has 0 saturated carbocycles. The van der Waals surface area contributed by atoms with Crippen LogP contribution in [0.2, 0.25) is 0 Å². The van der Waals surface area contributed by atoms with E-state index in [9.17, 15) is 19.2 Å². The molecular formula is C39H49N5O6. The number of carbonyl (C=O) groups excluding carboxylic acids is 4. The van der Waals surface area contributed by atoms with Crippen LogP contribution in [0.25, 0.3) is 10.9 Å². The molecule has 0 spiro atoms. The number of alkyl carbamates (subject to hydrolysis) is 1. The van der Waals surface area contributed by atoms with Crippen molar-refractivity contribution in [3.8, 4) is 0 Å². The van der Waals surface area contributed by atoms with Crippen molar-refractivity contribution in [3.63, 3.8) is 0 Å². The van der Waals surface area contributed by atoms with Crippen molar-refractivity contribution in [3.05, 3.63) is 108 Å². The standard InChI is InChI=1S/C39H49N5O6/c1-28(2)22-31(24-36(45)44-50-27-30-16-8-4-9-17-30)37(46)43-35(23-32-25-42-34-19-11-10-18-33(32)34)38(47)40-20-12-5-13-21-41-39(48)49-26-29-14-6-3-7-15-29/h3-4,6-11,14-19,25,28,31,35,42H,5,12-13,20-24,26-27H2,1-2H3,(H,40,47)(H,41,48)(H,43,46)(H,44,45)/t31-,35+/m1/s1. The number of para-hydroxylation sites is 1. The van der Waals surface area contributed by atoms with Crippen molar-refractivity contribution < 1.29 is 28.8 Å². The zero-order valence-corrected chi connectivity index (χ0v) is 28.9. The SMILES string of the molecule is CC(C)C[C@H](CC(=O)NOCc1ccccc1)C(=O)N[C@@H](Cc1c[nH]c2ccccc12)C(=O)NCCCCCNC(=O)OCc1ccccc1. The Bertz CT molecular complexity index is 1640. The molecule has 0 aliphatic carbocycles. The molecule has 1 aromatic heterocycles. The van der Waals surface area contributed by atoms with E-state index in [2.05, 4.69) is 26.4 Å². The van der Waals surface area contributed by atoms with E-state index in [1.165, 1.54) is 0 Å². The van der Waals surface area contributed by atoms with Gasteiger partial charge in [0.2, 0.25) is 17.7 Å². The molecule has 0 saturated heterocycles. The largest absolute Gasteiger partial charge is 0.445 e. The van der Waals surface area contributed by atoms with Gasteiger partial charge in [0.15, 0.2) is 0 Å². The summed E-state index contributed by atoms with van der Waals surface area (Å²) < 4.78 is 5.24. The van der Waals surface area contributed by atoms with Gasteiger partial charge in [-0.1, -0.05) is 92.7 Å². The molecule has 11 heteroatoms. The Balaban J connectivity index is 1.27. The van der Waals surface area contributed by atoms with E-state index < -0.39 is 24.0 Å². The van der Waals surface area contributed by atoms with E-state index in [4.69, 9.17) is 9.57 Å². The molecule has 11 nitrogen and oxygen atoms in total. The molecule has 4 amide bonds. The van der Waals surface area contributed by atoms with Crippen LogP contribution in [-0.2, 0) is 43.6 Å². The number of carbonyl (C=O) groups is 4. The maximum Gasteiger partial charge on any atom is 0.407 e. The van der Waals surface area contributed by atoms with E-state index in [1.807, 2.05) is 105 Å². The van der Waals surface area contributed by atoms with Gasteiger partial charge < -0.3 is 25.7 Å². The first kappa shape index (κ1) is 37.7. The number of unbranched alkanes of at least 4 members (excludes halogenated alkanes) is 2.